The lowest BCUT2D eigenvalue weighted by molar-refractivity contribution is -0.110. The van der Waals surface area contributed by atoms with Gasteiger partial charge in [0, 0.05) is 16.8 Å². The van der Waals surface area contributed by atoms with Crippen molar-refractivity contribution >= 4 is 52.1 Å². The number of pyridine rings is 1. The maximum Gasteiger partial charge on any atom is 0.256 e. The summed E-state index contributed by atoms with van der Waals surface area (Å²) in [7, 11) is 0. The first-order chi connectivity index (χ1) is 10.6. The topological polar surface area (TPSA) is 46.4 Å². The normalized spacial score (nSPS) is 15.4. The van der Waals surface area contributed by atoms with Gasteiger partial charge in [-0.25, -0.2) is 4.98 Å². The van der Waals surface area contributed by atoms with Crippen molar-refractivity contribution < 1.29 is 4.79 Å². The molecule has 0 saturated carbocycles. The molecule has 0 fully saturated rings. The molecular weight excluding hydrogens is 321 g/mol. The van der Waals surface area contributed by atoms with Gasteiger partial charge in [-0.3, -0.25) is 9.20 Å². The van der Waals surface area contributed by atoms with Crippen molar-refractivity contribution in [2.24, 2.45) is 0 Å². The van der Waals surface area contributed by atoms with Crippen LogP contribution in [0.5, 0.6) is 0 Å². The summed E-state index contributed by atoms with van der Waals surface area (Å²) < 4.78 is 1.84. The van der Waals surface area contributed by atoms with Crippen molar-refractivity contribution in [2.75, 3.05) is 5.32 Å². The van der Waals surface area contributed by atoms with Crippen LogP contribution in [-0.4, -0.2) is 15.3 Å². The van der Waals surface area contributed by atoms with Gasteiger partial charge in [0.15, 0.2) is 5.15 Å². The van der Waals surface area contributed by atoms with Crippen LogP contribution in [0.1, 0.15) is 11.3 Å². The molecule has 0 spiro atoms. The van der Waals surface area contributed by atoms with E-state index in [0.29, 0.717) is 27.1 Å². The van der Waals surface area contributed by atoms with E-state index in [0.717, 1.165) is 11.2 Å². The highest BCUT2D eigenvalue weighted by Crippen LogP contribution is 2.35. The van der Waals surface area contributed by atoms with Crippen LogP contribution < -0.4 is 5.32 Å². The standard InChI is InChI=1S/C16H9Cl2N3O/c17-9-4-5-10-11(16(22)19-12(10)7-9)8-13-15(18)20-14-3-1-2-6-21(13)14/h1-8H,(H,19,22)/b11-8-. The lowest BCUT2D eigenvalue weighted by atomic mass is 10.1. The molecule has 1 N–H and O–H groups in total. The van der Waals surface area contributed by atoms with E-state index >= 15 is 0 Å². The van der Waals surface area contributed by atoms with Crippen molar-refractivity contribution in [1.29, 1.82) is 0 Å². The largest absolute Gasteiger partial charge is 0.321 e. The van der Waals surface area contributed by atoms with Crippen molar-refractivity contribution in [2.45, 2.75) is 0 Å². The van der Waals surface area contributed by atoms with Gasteiger partial charge < -0.3 is 5.32 Å². The van der Waals surface area contributed by atoms with Gasteiger partial charge in [-0.1, -0.05) is 35.3 Å². The number of hydrogen-bond acceptors (Lipinski definition) is 2. The number of halogens is 2. The van der Waals surface area contributed by atoms with Gasteiger partial charge in [-0.05, 0) is 30.3 Å². The van der Waals surface area contributed by atoms with Gasteiger partial charge in [0.25, 0.3) is 5.91 Å². The highest BCUT2D eigenvalue weighted by Gasteiger charge is 2.25. The Morgan fingerprint density at radius 3 is 2.91 bits per heavy atom. The van der Waals surface area contributed by atoms with Crippen molar-refractivity contribution in [3.63, 3.8) is 0 Å². The summed E-state index contributed by atoms with van der Waals surface area (Å²) >= 11 is 12.2. The summed E-state index contributed by atoms with van der Waals surface area (Å²) in [5.41, 5.74) is 3.45. The Bertz CT molecular complexity index is 959. The third-order valence-corrected chi connectivity index (χ3v) is 4.08. The molecule has 1 amide bonds. The van der Waals surface area contributed by atoms with E-state index in [2.05, 4.69) is 10.3 Å². The second-order valence-corrected chi connectivity index (χ2v) is 5.71. The zero-order valence-electron chi connectivity index (χ0n) is 11.2. The second-order valence-electron chi connectivity index (χ2n) is 4.92. The number of aromatic nitrogens is 2. The van der Waals surface area contributed by atoms with Crippen LogP contribution in [0.15, 0.2) is 42.6 Å². The quantitative estimate of drug-likeness (QED) is 0.682. The number of carbonyl (C=O) groups is 1. The molecule has 2 aromatic heterocycles. The van der Waals surface area contributed by atoms with Crippen molar-refractivity contribution in [3.8, 4) is 0 Å². The molecule has 6 heteroatoms. The number of hydrogen-bond donors (Lipinski definition) is 1. The van der Waals surface area contributed by atoms with Crippen LogP contribution in [0, 0.1) is 0 Å². The number of anilines is 1. The lowest BCUT2D eigenvalue weighted by Crippen LogP contribution is -2.03. The summed E-state index contributed by atoms with van der Waals surface area (Å²) in [6, 6.07) is 10.9. The zero-order chi connectivity index (χ0) is 15.3. The Hall–Kier alpha value is -2.30. The number of benzene rings is 1. The lowest BCUT2D eigenvalue weighted by Gasteiger charge is -2.00. The Morgan fingerprint density at radius 2 is 2.05 bits per heavy atom. The SMILES string of the molecule is O=C1Nc2cc(Cl)ccc2/C1=C/c1c(Cl)nc2ccccn12. The van der Waals surface area contributed by atoms with Crippen LogP contribution in [0.4, 0.5) is 5.69 Å². The van der Waals surface area contributed by atoms with Crippen molar-refractivity contribution in [3.05, 3.63) is 64.0 Å². The monoisotopic (exact) mass is 329 g/mol. The molecule has 1 aliphatic rings. The molecular formula is C16H9Cl2N3O. The van der Waals surface area contributed by atoms with Gasteiger partial charge in [-0.15, -0.1) is 0 Å². The highest BCUT2D eigenvalue weighted by molar-refractivity contribution is 6.37. The van der Waals surface area contributed by atoms with Crippen LogP contribution in [0.2, 0.25) is 10.2 Å². The first-order valence-electron chi connectivity index (χ1n) is 6.59. The van der Waals surface area contributed by atoms with Crippen LogP contribution in [-0.2, 0) is 4.79 Å². The van der Waals surface area contributed by atoms with E-state index in [-0.39, 0.29) is 5.91 Å². The molecule has 0 atom stereocenters. The van der Waals surface area contributed by atoms with E-state index < -0.39 is 0 Å². The number of imidazole rings is 1. The van der Waals surface area contributed by atoms with E-state index in [9.17, 15) is 4.79 Å². The minimum absolute atomic E-state index is 0.181. The van der Waals surface area contributed by atoms with E-state index in [1.807, 2.05) is 34.9 Å². The Labute approximate surface area is 136 Å². The fourth-order valence-electron chi connectivity index (χ4n) is 2.56. The molecule has 0 saturated heterocycles. The average Bonchev–Trinajstić information content (AvgIpc) is 2.97. The fourth-order valence-corrected chi connectivity index (χ4v) is 2.97. The van der Waals surface area contributed by atoms with E-state index in [1.165, 1.54) is 0 Å². The number of amides is 1. The molecule has 1 aromatic carbocycles. The third kappa shape index (κ3) is 2.00. The summed E-state index contributed by atoms with van der Waals surface area (Å²) in [5, 5.41) is 3.74. The van der Waals surface area contributed by atoms with Gasteiger partial charge >= 0.3 is 0 Å². The number of fused-ring (bicyclic) bond motifs is 2. The molecule has 0 bridgehead atoms. The second kappa shape index (κ2) is 4.87. The van der Waals surface area contributed by atoms with Gasteiger partial charge in [0.2, 0.25) is 0 Å². The van der Waals surface area contributed by atoms with Gasteiger partial charge in [0.05, 0.1) is 17.0 Å². The zero-order valence-corrected chi connectivity index (χ0v) is 12.7. The van der Waals surface area contributed by atoms with Crippen LogP contribution in [0.3, 0.4) is 0 Å². The first-order valence-corrected chi connectivity index (χ1v) is 7.34. The highest BCUT2D eigenvalue weighted by atomic mass is 35.5. The van der Waals surface area contributed by atoms with Crippen LogP contribution >= 0.6 is 23.2 Å². The molecule has 3 heterocycles. The number of nitrogens with one attached hydrogen (secondary N) is 1. The Morgan fingerprint density at radius 1 is 1.18 bits per heavy atom. The van der Waals surface area contributed by atoms with Gasteiger partial charge in [-0.2, -0.15) is 0 Å². The van der Waals surface area contributed by atoms with E-state index in [1.54, 1.807) is 18.2 Å². The number of nitrogens with zero attached hydrogens (tertiary/aromatic N) is 2. The molecule has 108 valence electrons. The molecule has 3 aromatic rings. The minimum Gasteiger partial charge on any atom is -0.321 e. The predicted molar refractivity (Wildman–Crippen MR) is 88.2 cm³/mol. The summed E-state index contributed by atoms with van der Waals surface area (Å²) in [4.78, 5) is 16.5. The van der Waals surface area contributed by atoms with Crippen molar-refractivity contribution in [1.82, 2.24) is 9.38 Å². The summed E-state index contributed by atoms with van der Waals surface area (Å²) in [6.45, 7) is 0. The number of rotatable bonds is 1. The predicted octanol–water partition coefficient (Wildman–Crippen LogP) is 4.13. The molecule has 4 rings (SSSR count). The summed E-state index contributed by atoms with van der Waals surface area (Å²) in [6.07, 6.45) is 3.60. The molecule has 0 unspecified atom stereocenters. The smallest absolute Gasteiger partial charge is 0.256 e. The van der Waals surface area contributed by atoms with Crippen LogP contribution in [0.25, 0.3) is 17.3 Å². The maximum atomic E-state index is 12.2. The summed E-state index contributed by atoms with van der Waals surface area (Å²) in [5.74, 6) is -0.181. The number of carbonyl (C=O) groups excluding carboxylic acids is 1. The van der Waals surface area contributed by atoms with E-state index in [4.69, 9.17) is 23.2 Å². The molecule has 4 nitrogen and oxygen atoms in total. The fraction of sp³-hybridized carbons (Fsp3) is 0. The Balaban J connectivity index is 1.93. The third-order valence-electron chi connectivity index (χ3n) is 3.57. The molecule has 0 aliphatic carbocycles. The first kappa shape index (κ1) is 13.4. The molecule has 22 heavy (non-hydrogen) atoms. The van der Waals surface area contributed by atoms with Gasteiger partial charge in [0.1, 0.15) is 5.65 Å². The Kier molecular flexibility index (Phi) is 2.96. The molecule has 1 aliphatic heterocycles. The average molecular weight is 330 g/mol. The molecule has 0 radical (unpaired) electrons. The maximum absolute atomic E-state index is 12.2. The minimum atomic E-state index is -0.181.